The molecule has 3 aliphatic rings. The van der Waals surface area contributed by atoms with Crippen LogP contribution in [0.4, 0.5) is 10.5 Å². The summed E-state index contributed by atoms with van der Waals surface area (Å²) in [6, 6.07) is 4.56. The van der Waals surface area contributed by atoms with Crippen molar-refractivity contribution < 1.29 is 23.9 Å². The zero-order chi connectivity index (χ0) is 24.8. The normalized spacial score (nSPS) is 24.5. The number of likely N-dealkylation sites (tertiary alicyclic amines) is 1. The quantitative estimate of drug-likeness (QED) is 0.541. The topological polar surface area (TPSA) is 112 Å². The Kier molecular flexibility index (Phi) is 8.46. The van der Waals surface area contributed by atoms with E-state index < -0.39 is 0 Å². The van der Waals surface area contributed by atoms with Crippen molar-refractivity contribution in [3.63, 3.8) is 0 Å². The Morgan fingerprint density at radius 1 is 1.14 bits per heavy atom. The summed E-state index contributed by atoms with van der Waals surface area (Å²) >= 11 is 0. The van der Waals surface area contributed by atoms with Crippen LogP contribution in [0.3, 0.4) is 0 Å². The van der Waals surface area contributed by atoms with E-state index in [4.69, 9.17) is 9.47 Å². The van der Waals surface area contributed by atoms with Crippen LogP contribution in [0.1, 0.15) is 49.4 Å². The summed E-state index contributed by atoms with van der Waals surface area (Å²) in [7, 11) is 1.77. The summed E-state index contributed by atoms with van der Waals surface area (Å²) in [5, 5.41) is 8.42. The third kappa shape index (κ3) is 6.43. The number of hydrogen-bond donors (Lipinski definition) is 3. The van der Waals surface area contributed by atoms with Crippen molar-refractivity contribution in [2.24, 2.45) is 0 Å². The van der Waals surface area contributed by atoms with Crippen LogP contribution < -0.4 is 20.7 Å². The van der Waals surface area contributed by atoms with Gasteiger partial charge in [-0.3, -0.25) is 9.59 Å². The summed E-state index contributed by atoms with van der Waals surface area (Å²) < 4.78 is 12.3. The fourth-order valence-electron chi connectivity index (χ4n) is 5.08. The number of hydrogen-bond acceptors (Lipinski definition) is 6. The average Bonchev–Trinajstić information content (AvgIpc) is 3.35. The minimum absolute atomic E-state index is 0.00123. The summed E-state index contributed by atoms with van der Waals surface area (Å²) in [5.74, 6) is 0.268. The Hall–Kier alpha value is -2.85. The summed E-state index contributed by atoms with van der Waals surface area (Å²) in [5.41, 5.74) is 0.924. The van der Waals surface area contributed by atoms with E-state index in [1.165, 1.54) is 12.8 Å². The molecule has 10 heteroatoms. The van der Waals surface area contributed by atoms with Crippen LogP contribution >= 0.6 is 0 Å². The molecule has 0 radical (unpaired) electrons. The van der Waals surface area contributed by atoms with Gasteiger partial charge < -0.3 is 35.2 Å². The van der Waals surface area contributed by atoms with Crippen LogP contribution in [0.5, 0.6) is 5.75 Å². The van der Waals surface area contributed by atoms with Gasteiger partial charge in [0.2, 0.25) is 5.91 Å². The molecule has 0 spiro atoms. The third-order valence-electron chi connectivity index (χ3n) is 6.97. The molecule has 0 unspecified atom stereocenters. The lowest BCUT2D eigenvalue weighted by Gasteiger charge is -2.42. The van der Waals surface area contributed by atoms with Crippen LogP contribution in [0.15, 0.2) is 18.2 Å². The van der Waals surface area contributed by atoms with E-state index in [1.807, 2.05) is 6.92 Å². The molecule has 3 N–H and O–H groups in total. The van der Waals surface area contributed by atoms with Gasteiger partial charge in [-0.15, -0.1) is 0 Å². The summed E-state index contributed by atoms with van der Waals surface area (Å²) in [6.45, 7) is 6.41. The number of fused-ring (bicyclic) bond motifs is 2. The van der Waals surface area contributed by atoms with E-state index >= 15 is 0 Å². The predicted molar refractivity (Wildman–Crippen MR) is 132 cm³/mol. The SMILES string of the molecule is CCNC(=O)Nc1ccc2c(c1)C(=O)N(C)[C@H]1CC[C@H](CC(=O)NCCN3CCCC3)O[C@H]1CO2. The van der Waals surface area contributed by atoms with Crippen molar-refractivity contribution >= 4 is 23.5 Å². The second-order valence-electron chi connectivity index (χ2n) is 9.47. The first kappa shape index (κ1) is 25.2. The second kappa shape index (κ2) is 11.7. The molecular weight excluding hydrogens is 450 g/mol. The predicted octanol–water partition coefficient (Wildman–Crippen LogP) is 1.81. The fraction of sp³-hybridized carbons (Fsp3) is 0.640. The highest BCUT2D eigenvalue weighted by Crippen LogP contribution is 2.32. The molecular formula is C25H37N5O5. The number of nitrogens with one attached hydrogen (secondary N) is 3. The number of urea groups is 1. The molecule has 4 rings (SSSR count). The maximum atomic E-state index is 13.3. The molecule has 192 valence electrons. The molecule has 0 bridgehead atoms. The Bertz CT molecular complexity index is 920. The Morgan fingerprint density at radius 2 is 1.94 bits per heavy atom. The summed E-state index contributed by atoms with van der Waals surface area (Å²) in [4.78, 5) is 41.7. The number of carbonyl (C=O) groups excluding carboxylic acids is 3. The van der Waals surface area contributed by atoms with Gasteiger partial charge in [0.1, 0.15) is 18.5 Å². The largest absolute Gasteiger partial charge is 0.490 e. The number of amides is 4. The molecule has 10 nitrogen and oxygen atoms in total. The molecule has 0 aliphatic carbocycles. The molecule has 0 saturated carbocycles. The van der Waals surface area contributed by atoms with Crippen molar-refractivity contribution in [1.29, 1.82) is 0 Å². The van der Waals surface area contributed by atoms with Crippen molar-refractivity contribution in [2.45, 2.75) is 57.3 Å². The van der Waals surface area contributed by atoms with E-state index in [2.05, 4.69) is 20.9 Å². The van der Waals surface area contributed by atoms with Crippen LogP contribution in [0.2, 0.25) is 0 Å². The first-order valence-corrected chi connectivity index (χ1v) is 12.7. The number of carbonyl (C=O) groups is 3. The monoisotopic (exact) mass is 487 g/mol. The van der Waals surface area contributed by atoms with Crippen LogP contribution in [0, 0.1) is 0 Å². The van der Waals surface area contributed by atoms with Crippen molar-refractivity contribution in [3.8, 4) is 5.75 Å². The molecule has 1 aromatic rings. The molecule has 3 heterocycles. The van der Waals surface area contributed by atoms with Crippen molar-refractivity contribution in [2.75, 3.05) is 51.7 Å². The number of anilines is 1. The van der Waals surface area contributed by atoms with E-state index in [0.717, 1.165) is 26.1 Å². The standard InChI is InChI=1S/C25H37N5O5/c1-3-26-25(33)28-17-6-9-21-19(14-17)24(32)29(2)20-8-7-18(35-22(20)16-34-21)15-23(31)27-10-13-30-11-4-5-12-30/h6,9,14,18,20,22H,3-5,7-8,10-13,15-16H2,1-2H3,(H,27,31)(H2,26,28,33)/t18-,20+,22+/m1/s1. The van der Waals surface area contributed by atoms with Gasteiger partial charge in [-0.25, -0.2) is 4.79 Å². The molecule has 1 aromatic carbocycles. The molecule has 0 aromatic heterocycles. The molecule has 3 atom stereocenters. The number of benzene rings is 1. The molecule has 4 amide bonds. The first-order valence-electron chi connectivity index (χ1n) is 12.7. The van der Waals surface area contributed by atoms with Gasteiger partial charge in [-0.1, -0.05) is 0 Å². The summed E-state index contributed by atoms with van der Waals surface area (Å²) in [6.07, 6.45) is 3.71. The lowest BCUT2D eigenvalue weighted by molar-refractivity contribution is -0.134. The average molecular weight is 488 g/mol. The van der Waals surface area contributed by atoms with Gasteiger partial charge in [0.05, 0.1) is 24.1 Å². The minimum atomic E-state index is -0.327. The lowest BCUT2D eigenvalue weighted by Crippen LogP contribution is -2.54. The highest BCUT2D eigenvalue weighted by Gasteiger charge is 2.39. The van der Waals surface area contributed by atoms with Gasteiger partial charge in [0, 0.05) is 32.4 Å². The van der Waals surface area contributed by atoms with Crippen LogP contribution in [-0.4, -0.2) is 92.3 Å². The van der Waals surface area contributed by atoms with Crippen molar-refractivity contribution in [1.82, 2.24) is 20.4 Å². The Morgan fingerprint density at radius 3 is 2.71 bits per heavy atom. The molecule has 2 fully saturated rings. The number of nitrogens with zero attached hydrogens (tertiary/aromatic N) is 2. The number of rotatable bonds is 7. The Balaban J connectivity index is 1.34. The number of likely N-dealkylation sites (N-methyl/N-ethyl adjacent to an activating group) is 1. The fourth-order valence-corrected chi connectivity index (χ4v) is 5.08. The maximum Gasteiger partial charge on any atom is 0.319 e. The van der Waals surface area contributed by atoms with Gasteiger partial charge in [-0.2, -0.15) is 0 Å². The second-order valence-corrected chi connectivity index (χ2v) is 9.47. The molecule has 35 heavy (non-hydrogen) atoms. The highest BCUT2D eigenvalue weighted by molar-refractivity contribution is 5.99. The lowest BCUT2D eigenvalue weighted by atomic mass is 9.94. The number of ether oxygens (including phenoxy) is 2. The Labute approximate surface area is 206 Å². The first-order chi connectivity index (χ1) is 16.9. The molecule has 2 saturated heterocycles. The molecule has 3 aliphatic heterocycles. The smallest absolute Gasteiger partial charge is 0.319 e. The van der Waals surface area contributed by atoms with E-state index in [9.17, 15) is 14.4 Å². The maximum absolute atomic E-state index is 13.3. The van der Waals surface area contributed by atoms with E-state index in [1.54, 1.807) is 30.1 Å². The zero-order valence-electron chi connectivity index (χ0n) is 20.7. The van der Waals surface area contributed by atoms with Gasteiger partial charge in [0.15, 0.2) is 0 Å². The van der Waals surface area contributed by atoms with E-state index in [-0.39, 0.29) is 42.7 Å². The van der Waals surface area contributed by atoms with E-state index in [0.29, 0.717) is 42.9 Å². The van der Waals surface area contributed by atoms with Crippen LogP contribution in [-0.2, 0) is 9.53 Å². The van der Waals surface area contributed by atoms with Gasteiger partial charge in [0.25, 0.3) is 5.91 Å². The third-order valence-corrected chi connectivity index (χ3v) is 6.97. The van der Waals surface area contributed by atoms with Crippen molar-refractivity contribution in [3.05, 3.63) is 23.8 Å². The van der Waals surface area contributed by atoms with Gasteiger partial charge in [-0.05, 0) is 63.9 Å². The van der Waals surface area contributed by atoms with Crippen LogP contribution in [0.25, 0.3) is 0 Å². The minimum Gasteiger partial charge on any atom is -0.490 e. The zero-order valence-corrected chi connectivity index (χ0v) is 20.7. The van der Waals surface area contributed by atoms with Gasteiger partial charge >= 0.3 is 6.03 Å². The highest BCUT2D eigenvalue weighted by atomic mass is 16.5.